The van der Waals surface area contributed by atoms with Crippen LogP contribution in [0.25, 0.3) is 0 Å². The van der Waals surface area contributed by atoms with Crippen LogP contribution in [0.4, 0.5) is 5.82 Å². The van der Waals surface area contributed by atoms with E-state index in [0.29, 0.717) is 13.2 Å². The first-order chi connectivity index (χ1) is 18.9. The lowest BCUT2D eigenvalue weighted by Crippen LogP contribution is -2.49. The molecule has 11 nitrogen and oxygen atoms in total. The molecule has 0 spiro atoms. The number of hydrogen-bond acceptors (Lipinski definition) is 9. The van der Waals surface area contributed by atoms with Crippen LogP contribution in [0, 0.1) is 0 Å². The summed E-state index contributed by atoms with van der Waals surface area (Å²) in [7, 11) is -5.97. The second-order valence-corrected chi connectivity index (χ2v) is 26.8. The van der Waals surface area contributed by atoms with Crippen LogP contribution in [0.1, 0.15) is 45.3 Å². The van der Waals surface area contributed by atoms with Crippen molar-refractivity contribution in [2.75, 3.05) is 18.5 Å². The van der Waals surface area contributed by atoms with Gasteiger partial charge in [-0.1, -0.05) is 19.8 Å². The van der Waals surface area contributed by atoms with Gasteiger partial charge in [0.1, 0.15) is 24.1 Å². The summed E-state index contributed by atoms with van der Waals surface area (Å²) in [5.41, 5.74) is -0.592. The molecule has 4 atom stereocenters. The molecule has 1 saturated heterocycles. The maximum atomic E-state index is 13.2. The van der Waals surface area contributed by atoms with E-state index in [0.717, 1.165) is 19.3 Å². The molecule has 1 aliphatic rings. The molecule has 2 heterocycles. The number of amides is 1. The molecule has 234 valence electrons. The minimum atomic E-state index is -2.09. The fourth-order valence-electron chi connectivity index (χ4n) is 4.19. The first-order valence-corrected chi connectivity index (χ1v) is 24.8. The Balaban J connectivity index is 2.20. The largest absolute Gasteiger partial charge is 0.466 e. The van der Waals surface area contributed by atoms with E-state index in [2.05, 4.69) is 76.1 Å². The summed E-state index contributed by atoms with van der Waals surface area (Å²) in [6.45, 7) is 21.7. The number of hydrogen-bond donors (Lipinski definition) is 1. The van der Waals surface area contributed by atoms with Crippen LogP contribution in [0.15, 0.2) is 17.1 Å². The van der Waals surface area contributed by atoms with E-state index in [9.17, 15) is 14.4 Å². The highest BCUT2D eigenvalue weighted by molar-refractivity contribution is 6.70. The number of anilines is 1. The monoisotopic (exact) mass is 629 g/mol. The molecule has 1 aliphatic heterocycles. The molecule has 41 heavy (non-hydrogen) atoms. The van der Waals surface area contributed by atoms with Crippen molar-refractivity contribution in [3.05, 3.63) is 22.7 Å². The van der Waals surface area contributed by atoms with Crippen molar-refractivity contribution >= 4 is 42.6 Å². The van der Waals surface area contributed by atoms with Crippen molar-refractivity contribution in [1.82, 2.24) is 9.55 Å². The average Bonchev–Trinajstić information content (AvgIpc) is 3.12. The minimum absolute atomic E-state index is 0.0417. The van der Waals surface area contributed by atoms with Gasteiger partial charge in [-0.25, -0.2) is 4.79 Å². The van der Waals surface area contributed by atoms with Gasteiger partial charge in [0.25, 0.3) is 0 Å². The normalized spacial score (nSPS) is 21.6. The first-order valence-electron chi connectivity index (χ1n) is 14.6. The summed E-state index contributed by atoms with van der Waals surface area (Å²) in [6, 6.07) is 1.54. The number of carbonyl (C=O) groups is 2. The Morgan fingerprint density at radius 3 is 2.15 bits per heavy atom. The van der Waals surface area contributed by atoms with Crippen LogP contribution >= 0.6 is 0 Å². The third-order valence-corrected chi connectivity index (χ3v) is 8.88. The van der Waals surface area contributed by atoms with E-state index in [4.69, 9.17) is 22.8 Å². The van der Waals surface area contributed by atoms with Gasteiger partial charge >= 0.3 is 11.7 Å². The highest BCUT2D eigenvalue weighted by atomic mass is 28.4. The summed E-state index contributed by atoms with van der Waals surface area (Å²) >= 11 is 0. The minimum Gasteiger partial charge on any atom is -0.466 e. The standard InChI is InChI=1S/C27H51N3O8Si3/c1-11-12-13-18-34-23(32)15-14-22(31)28-21-16-17-30(27(33)29-21)26-25(38-41(8,9)10)24(37-40(5,6)7)20(36-26)19-35-39(2,3)4/h16-17,20,24-26H,11-15,18-19H2,1-10H3,(H,28,29,31,33)/t20-,24-,25+,26-/m1/s1. The van der Waals surface area contributed by atoms with Crippen LogP contribution in [-0.2, 0) is 32.3 Å². The van der Waals surface area contributed by atoms with Gasteiger partial charge in [-0.05, 0) is 71.4 Å². The topological polar surface area (TPSA) is 127 Å². The van der Waals surface area contributed by atoms with Crippen LogP contribution in [0.3, 0.4) is 0 Å². The number of rotatable bonds is 16. The van der Waals surface area contributed by atoms with E-state index in [1.807, 2.05) is 0 Å². The second-order valence-electron chi connectivity index (χ2n) is 13.4. The predicted octanol–water partition coefficient (Wildman–Crippen LogP) is 4.88. The number of carbonyl (C=O) groups excluding carboxylic acids is 2. The Kier molecular flexibility index (Phi) is 13.1. The predicted molar refractivity (Wildman–Crippen MR) is 166 cm³/mol. The molecule has 1 fully saturated rings. The van der Waals surface area contributed by atoms with E-state index >= 15 is 0 Å². The summed E-state index contributed by atoms with van der Waals surface area (Å²) in [5.74, 6) is -0.750. The lowest BCUT2D eigenvalue weighted by atomic mass is 10.1. The van der Waals surface area contributed by atoms with Gasteiger partial charge < -0.3 is 28.1 Å². The Morgan fingerprint density at radius 1 is 0.951 bits per heavy atom. The van der Waals surface area contributed by atoms with Crippen LogP contribution in [0.2, 0.25) is 58.9 Å². The molecule has 1 aromatic rings. The highest BCUT2D eigenvalue weighted by Gasteiger charge is 2.50. The molecule has 1 N–H and O–H groups in total. The number of nitrogens with one attached hydrogen (secondary N) is 1. The van der Waals surface area contributed by atoms with Gasteiger partial charge in [0.05, 0.1) is 19.6 Å². The highest BCUT2D eigenvalue weighted by Crippen LogP contribution is 2.37. The molecule has 1 aromatic heterocycles. The molecule has 0 aliphatic carbocycles. The molecule has 2 rings (SSSR count). The summed E-state index contributed by atoms with van der Waals surface area (Å²) in [5, 5.41) is 2.60. The van der Waals surface area contributed by atoms with Crippen LogP contribution in [0.5, 0.6) is 0 Å². The van der Waals surface area contributed by atoms with E-state index in [1.54, 1.807) is 6.20 Å². The van der Waals surface area contributed by atoms with Gasteiger partial charge in [-0.2, -0.15) is 4.98 Å². The maximum Gasteiger partial charge on any atom is 0.351 e. The summed E-state index contributed by atoms with van der Waals surface area (Å²) < 4.78 is 32.4. The summed E-state index contributed by atoms with van der Waals surface area (Å²) in [4.78, 5) is 41.6. The Labute approximate surface area is 248 Å². The Bertz CT molecular complexity index is 1070. The van der Waals surface area contributed by atoms with Gasteiger partial charge in [-0.15, -0.1) is 0 Å². The van der Waals surface area contributed by atoms with E-state index < -0.39 is 67.1 Å². The molecular weight excluding hydrogens is 579 g/mol. The smallest absolute Gasteiger partial charge is 0.351 e. The molecule has 0 saturated carbocycles. The van der Waals surface area contributed by atoms with Crippen LogP contribution < -0.4 is 11.0 Å². The number of nitrogens with zero attached hydrogens (tertiary/aromatic N) is 2. The van der Waals surface area contributed by atoms with Crippen molar-refractivity contribution in [2.24, 2.45) is 0 Å². The van der Waals surface area contributed by atoms with Crippen molar-refractivity contribution in [2.45, 2.75) is 122 Å². The first kappa shape index (κ1) is 35.5. The van der Waals surface area contributed by atoms with E-state index in [-0.39, 0.29) is 18.7 Å². The second kappa shape index (κ2) is 15.2. The third kappa shape index (κ3) is 13.0. The quantitative estimate of drug-likeness (QED) is 0.155. The SMILES string of the molecule is CCCCCOC(=O)CCC(=O)Nc1ccn([C@@H]2O[C@H](CO[Si](C)(C)C)[C@@H](O[Si](C)(C)C)[C@@H]2O[Si](C)(C)C)c(=O)n1. The lowest BCUT2D eigenvalue weighted by Gasteiger charge is -2.34. The molecule has 0 unspecified atom stereocenters. The molecule has 0 radical (unpaired) electrons. The fraction of sp³-hybridized carbons (Fsp3) is 0.778. The lowest BCUT2D eigenvalue weighted by molar-refractivity contribution is -0.144. The number of esters is 1. The van der Waals surface area contributed by atoms with Crippen LogP contribution in [-0.4, -0.2) is 77.9 Å². The van der Waals surface area contributed by atoms with Crippen molar-refractivity contribution < 1.29 is 32.3 Å². The van der Waals surface area contributed by atoms with Crippen molar-refractivity contribution in [3.63, 3.8) is 0 Å². The number of ether oxygens (including phenoxy) is 2. The zero-order valence-electron chi connectivity index (χ0n) is 26.6. The number of unbranched alkanes of at least 4 members (excludes halogenated alkanes) is 2. The zero-order valence-corrected chi connectivity index (χ0v) is 29.6. The molecule has 0 bridgehead atoms. The fourth-order valence-corrected chi connectivity index (χ4v) is 7.02. The Morgan fingerprint density at radius 2 is 1.59 bits per heavy atom. The molecule has 14 heteroatoms. The van der Waals surface area contributed by atoms with Gasteiger partial charge in [0, 0.05) is 12.6 Å². The molecular formula is C27H51N3O8Si3. The Hall–Kier alpha value is -1.69. The van der Waals surface area contributed by atoms with Crippen molar-refractivity contribution in [1.29, 1.82) is 0 Å². The zero-order chi connectivity index (χ0) is 31.0. The summed E-state index contributed by atoms with van der Waals surface area (Å²) in [6.07, 6.45) is 2.12. The maximum absolute atomic E-state index is 13.2. The van der Waals surface area contributed by atoms with Gasteiger partial charge in [-0.3, -0.25) is 14.2 Å². The average molecular weight is 630 g/mol. The van der Waals surface area contributed by atoms with Crippen molar-refractivity contribution in [3.8, 4) is 0 Å². The van der Waals surface area contributed by atoms with E-state index in [1.165, 1.54) is 10.6 Å². The van der Waals surface area contributed by atoms with Gasteiger partial charge in [0.15, 0.2) is 31.2 Å². The molecule has 1 amide bonds. The molecule has 0 aromatic carbocycles. The third-order valence-electron chi connectivity index (χ3n) is 5.88. The van der Waals surface area contributed by atoms with Gasteiger partial charge in [0.2, 0.25) is 5.91 Å². The number of aromatic nitrogens is 2.